The number of ether oxygens (including phenoxy) is 4. The zero-order chi connectivity index (χ0) is 34.8. The molecule has 0 radical (unpaired) electrons. The van der Waals surface area contributed by atoms with E-state index in [-0.39, 0.29) is 42.4 Å². The second kappa shape index (κ2) is 30.3. The van der Waals surface area contributed by atoms with Crippen LogP contribution in [0, 0.1) is 0 Å². The molecule has 13 heteroatoms. The van der Waals surface area contributed by atoms with Gasteiger partial charge in [-0.1, -0.05) is 142 Å². The van der Waals surface area contributed by atoms with Gasteiger partial charge in [0.2, 0.25) is 10.4 Å². The van der Waals surface area contributed by atoms with Crippen LogP contribution < -0.4 is 29.6 Å². The summed E-state index contributed by atoms with van der Waals surface area (Å²) in [6.45, 7) is 3.66. The second-order valence-corrected chi connectivity index (χ2v) is 13.9. The van der Waals surface area contributed by atoms with Gasteiger partial charge in [-0.25, -0.2) is 8.42 Å². The third kappa shape index (κ3) is 23.2. The van der Waals surface area contributed by atoms with Gasteiger partial charge in [0.1, 0.15) is 12.2 Å². The fourth-order valence-corrected chi connectivity index (χ4v) is 6.52. The summed E-state index contributed by atoms with van der Waals surface area (Å²) in [4.78, 5) is 25.7. The molecule has 1 rings (SSSR count). The van der Waals surface area contributed by atoms with E-state index in [0.717, 1.165) is 44.9 Å². The fourth-order valence-electron chi connectivity index (χ4n) is 6.02. The summed E-state index contributed by atoms with van der Waals surface area (Å²) >= 11 is 0. The van der Waals surface area contributed by atoms with Crippen LogP contribution in [0.4, 0.5) is 0 Å². The quantitative estimate of drug-likeness (QED) is 0.0369. The Morgan fingerprint density at radius 2 is 0.979 bits per heavy atom. The van der Waals surface area contributed by atoms with E-state index in [9.17, 15) is 27.7 Å². The summed E-state index contributed by atoms with van der Waals surface area (Å²) in [6.07, 6.45) is 17.3. The minimum absolute atomic E-state index is 0. The zero-order valence-corrected chi connectivity index (χ0v) is 33.3. The Hall–Kier alpha value is -0.310. The van der Waals surface area contributed by atoms with Gasteiger partial charge in [0.25, 0.3) is 0 Å². The van der Waals surface area contributed by atoms with Gasteiger partial charge in [0.15, 0.2) is 18.5 Å². The SMILES string of the molecule is CCCCCCCCCCCCCC(=O)O[C@@H]1[C@@H](OC(=O)CCCCCCCCCCCCC)[C@@H](OC)O[C@H](CO)[C@H]1OS(=O)(=O)[O-].[Na+]. The molecule has 278 valence electrons. The predicted molar refractivity (Wildman–Crippen MR) is 179 cm³/mol. The average molecular weight is 717 g/mol. The monoisotopic (exact) mass is 716 g/mol. The first-order valence-electron chi connectivity index (χ1n) is 18.5. The Bertz CT molecular complexity index is 905. The maximum atomic E-state index is 12.9. The minimum atomic E-state index is -5.30. The summed E-state index contributed by atoms with van der Waals surface area (Å²) in [5.41, 5.74) is 0. The molecule has 1 N–H and O–H groups in total. The Morgan fingerprint density at radius 3 is 1.31 bits per heavy atom. The third-order valence-corrected chi connectivity index (χ3v) is 9.19. The molecule has 0 aromatic heterocycles. The van der Waals surface area contributed by atoms with Crippen LogP contribution >= 0.6 is 0 Å². The molecule has 1 saturated heterocycles. The first-order valence-corrected chi connectivity index (χ1v) is 19.8. The van der Waals surface area contributed by atoms with Crippen LogP contribution in [-0.2, 0) is 43.1 Å². The van der Waals surface area contributed by atoms with Crippen molar-refractivity contribution >= 4 is 22.3 Å². The van der Waals surface area contributed by atoms with Crippen LogP contribution in [0.2, 0.25) is 0 Å². The maximum absolute atomic E-state index is 12.9. The first-order chi connectivity index (χ1) is 22.7. The molecule has 1 aliphatic heterocycles. The van der Waals surface area contributed by atoms with Crippen molar-refractivity contribution in [1.29, 1.82) is 0 Å². The number of hydrogen-bond donors (Lipinski definition) is 1. The number of aliphatic hydroxyl groups excluding tert-OH is 1. The van der Waals surface area contributed by atoms with Crippen molar-refractivity contribution in [3.05, 3.63) is 0 Å². The van der Waals surface area contributed by atoms with Crippen LogP contribution in [0.1, 0.15) is 168 Å². The van der Waals surface area contributed by atoms with Crippen LogP contribution in [0.15, 0.2) is 0 Å². The molecule has 1 aliphatic rings. The van der Waals surface area contributed by atoms with E-state index in [4.69, 9.17) is 23.1 Å². The van der Waals surface area contributed by atoms with Crippen molar-refractivity contribution < 1.29 is 80.4 Å². The van der Waals surface area contributed by atoms with E-state index in [2.05, 4.69) is 13.8 Å². The number of methoxy groups -OCH3 is 1. The Kier molecular flexibility index (Phi) is 30.1. The van der Waals surface area contributed by atoms with Gasteiger partial charge >= 0.3 is 41.5 Å². The zero-order valence-electron chi connectivity index (χ0n) is 30.5. The molecule has 0 aliphatic carbocycles. The number of rotatable bonds is 30. The molecular weight excluding hydrogens is 651 g/mol. The predicted octanol–water partition coefficient (Wildman–Crippen LogP) is 4.43. The molecule has 5 atom stereocenters. The minimum Gasteiger partial charge on any atom is -0.726 e. The molecule has 0 saturated carbocycles. The number of esters is 2. The smallest absolute Gasteiger partial charge is 0.726 e. The maximum Gasteiger partial charge on any atom is 1.00 e. The van der Waals surface area contributed by atoms with Crippen molar-refractivity contribution in [1.82, 2.24) is 0 Å². The summed E-state index contributed by atoms with van der Waals surface area (Å²) in [6, 6.07) is 0. The molecule has 48 heavy (non-hydrogen) atoms. The Morgan fingerprint density at radius 1 is 0.625 bits per heavy atom. The van der Waals surface area contributed by atoms with Gasteiger partial charge in [-0.05, 0) is 12.8 Å². The number of unbranched alkanes of at least 4 members (excludes halogenated alkanes) is 20. The van der Waals surface area contributed by atoms with Gasteiger partial charge in [-0.3, -0.25) is 13.8 Å². The molecule has 0 aromatic rings. The number of carbonyl (C=O) groups excluding carboxylic acids is 2. The molecule has 0 spiro atoms. The number of aliphatic hydroxyl groups is 1. The third-order valence-electron chi connectivity index (χ3n) is 8.74. The molecule has 0 bridgehead atoms. The van der Waals surface area contributed by atoms with Gasteiger partial charge in [0, 0.05) is 20.0 Å². The standard InChI is InChI=1S/C35H66O11S.Na/c1-4-6-8-10-12-14-16-18-20-22-24-26-30(37)44-33-32(46-47(39,40)41)29(28-36)43-35(42-3)34(33)45-31(38)27-25-23-21-19-17-15-13-11-9-7-5-2;/h29,32-36H,4-28H2,1-3H3,(H,39,40,41);/q;+1/p-1/t29-,32-,33+,34-,35+;/m1./s1. The van der Waals surface area contributed by atoms with Crippen molar-refractivity contribution in [2.24, 2.45) is 0 Å². The van der Waals surface area contributed by atoms with Crippen molar-refractivity contribution in [2.75, 3.05) is 13.7 Å². The van der Waals surface area contributed by atoms with E-state index >= 15 is 0 Å². The van der Waals surface area contributed by atoms with Crippen LogP contribution in [-0.4, -0.2) is 74.4 Å². The Balaban J connectivity index is 0.0000221. The molecular formula is C35H65NaO11S. The van der Waals surface area contributed by atoms with Gasteiger partial charge in [-0.15, -0.1) is 0 Å². The van der Waals surface area contributed by atoms with Gasteiger partial charge in [-0.2, -0.15) is 0 Å². The van der Waals surface area contributed by atoms with Crippen molar-refractivity contribution in [3.8, 4) is 0 Å². The summed E-state index contributed by atoms with van der Waals surface area (Å²) < 4.78 is 61.6. The molecule has 0 aromatic carbocycles. The molecule has 0 unspecified atom stereocenters. The molecule has 11 nitrogen and oxygen atoms in total. The average Bonchev–Trinajstić information content (AvgIpc) is 3.03. The van der Waals surface area contributed by atoms with E-state index in [1.165, 1.54) is 90.6 Å². The van der Waals surface area contributed by atoms with Gasteiger partial charge in [0.05, 0.1) is 6.61 Å². The van der Waals surface area contributed by atoms with Gasteiger partial charge < -0.3 is 28.6 Å². The van der Waals surface area contributed by atoms with Crippen LogP contribution in [0.3, 0.4) is 0 Å². The molecule has 0 amide bonds. The van der Waals surface area contributed by atoms with E-state index < -0.39 is 59.7 Å². The topological polar surface area (TPSA) is 158 Å². The van der Waals surface area contributed by atoms with Crippen LogP contribution in [0.25, 0.3) is 0 Å². The second-order valence-electron chi connectivity index (χ2n) is 12.9. The largest absolute Gasteiger partial charge is 1.00 e. The van der Waals surface area contributed by atoms with E-state index in [1.807, 2.05) is 0 Å². The fraction of sp³-hybridized carbons (Fsp3) is 0.943. The van der Waals surface area contributed by atoms with Crippen LogP contribution in [0.5, 0.6) is 0 Å². The number of carbonyl (C=O) groups is 2. The van der Waals surface area contributed by atoms with E-state index in [1.54, 1.807) is 0 Å². The normalized spacial score (nSPS) is 21.1. The summed E-state index contributed by atoms with van der Waals surface area (Å²) in [5.74, 6) is -1.27. The number of hydrogen-bond acceptors (Lipinski definition) is 11. The van der Waals surface area contributed by atoms with E-state index in [0.29, 0.717) is 12.8 Å². The Labute approximate surface area is 313 Å². The summed E-state index contributed by atoms with van der Waals surface area (Å²) in [7, 11) is -4.02. The first kappa shape index (κ1) is 47.7. The molecule has 1 heterocycles. The molecule has 1 fully saturated rings. The van der Waals surface area contributed by atoms with Crippen molar-refractivity contribution in [2.45, 2.75) is 199 Å². The summed E-state index contributed by atoms with van der Waals surface area (Å²) in [5, 5.41) is 9.87. The van der Waals surface area contributed by atoms with Crippen molar-refractivity contribution in [3.63, 3.8) is 0 Å².